The second kappa shape index (κ2) is 8.27. The number of ether oxygens (including phenoxy) is 2. The highest BCUT2D eigenvalue weighted by Gasteiger charge is 2.62. The van der Waals surface area contributed by atoms with E-state index < -0.39 is 18.3 Å². The lowest BCUT2D eigenvalue weighted by Gasteiger charge is -2.32. The third kappa shape index (κ3) is 3.89. The van der Waals surface area contributed by atoms with Crippen molar-refractivity contribution in [3.05, 3.63) is 58.4 Å². The quantitative estimate of drug-likeness (QED) is 0.530. The summed E-state index contributed by atoms with van der Waals surface area (Å²) in [5.41, 5.74) is -1.72. The minimum atomic E-state index is -4.99. The molecule has 0 bridgehead atoms. The standard InChI is InChI=1S/C21H17ClF3N3O3S/c1-30-17-8-5-13(9-18(17)31-2)15-10-20(29,21(23,24)25)28(27-15)19-26-16(11-32-19)12-3-6-14(22)7-4-12/h3-9,11,29H,10H2,1-2H3/t20-/m0/s1. The van der Waals surface area contributed by atoms with E-state index in [1.165, 1.54) is 20.3 Å². The van der Waals surface area contributed by atoms with Crippen molar-refractivity contribution < 1.29 is 27.8 Å². The van der Waals surface area contributed by atoms with E-state index in [-0.39, 0.29) is 10.8 Å². The van der Waals surface area contributed by atoms with Gasteiger partial charge in [0.1, 0.15) is 0 Å². The predicted octanol–water partition coefficient (Wildman–Crippen LogP) is 5.35. The summed E-state index contributed by atoms with van der Waals surface area (Å²) in [6.45, 7) is 0. The second-order valence-electron chi connectivity index (χ2n) is 6.94. The maximum absolute atomic E-state index is 14.0. The SMILES string of the molecule is COc1ccc(C2=NN(c3nc(-c4ccc(Cl)cc4)cs3)[C@@](O)(C(F)(F)F)C2)cc1OC. The molecular formula is C21H17ClF3N3O3S. The van der Waals surface area contributed by atoms with Crippen molar-refractivity contribution in [2.24, 2.45) is 5.10 Å². The molecule has 0 radical (unpaired) electrons. The molecule has 0 amide bonds. The first kappa shape index (κ1) is 22.4. The second-order valence-corrected chi connectivity index (χ2v) is 8.21. The largest absolute Gasteiger partial charge is 0.493 e. The Morgan fingerprint density at radius 3 is 2.34 bits per heavy atom. The van der Waals surface area contributed by atoms with Crippen LogP contribution >= 0.6 is 22.9 Å². The molecular weight excluding hydrogens is 467 g/mol. The van der Waals surface area contributed by atoms with Gasteiger partial charge in [-0.1, -0.05) is 23.7 Å². The number of anilines is 1. The van der Waals surface area contributed by atoms with Crippen molar-refractivity contribution >= 4 is 33.8 Å². The van der Waals surface area contributed by atoms with Crippen LogP contribution in [0.3, 0.4) is 0 Å². The molecule has 4 rings (SSSR count). The lowest BCUT2D eigenvalue weighted by atomic mass is 10.0. The lowest BCUT2D eigenvalue weighted by Crippen LogP contribution is -2.55. The highest BCUT2D eigenvalue weighted by Crippen LogP contribution is 2.45. The van der Waals surface area contributed by atoms with E-state index in [0.29, 0.717) is 38.4 Å². The molecule has 11 heteroatoms. The summed E-state index contributed by atoms with van der Waals surface area (Å²) < 4.78 is 52.3. The maximum Gasteiger partial charge on any atom is 0.438 e. The Morgan fingerprint density at radius 2 is 1.72 bits per heavy atom. The van der Waals surface area contributed by atoms with Crippen molar-refractivity contribution in [2.45, 2.75) is 18.3 Å². The summed E-state index contributed by atoms with van der Waals surface area (Å²) in [6.07, 6.45) is -5.76. The van der Waals surface area contributed by atoms with Crippen molar-refractivity contribution in [1.82, 2.24) is 4.98 Å². The number of hydrazone groups is 1. The summed E-state index contributed by atoms with van der Waals surface area (Å²) in [5, 5.41) is 17.4. The summed E-state index contributed by atoms with van der Waals surface area (Å²) >= 11 is 6.84. The summed E-state index contributed by atoms with van der Waals surface area (Å²) in [4.78, 5) is 4.28. The zero-order valence-corrected chi connectivity index (χ0v) is 18.4. The van der Waals surface area contributed by atoms with E-state index in [1.54, 1.807) is 41.8 Å². The van der Waals surface area contributed by atoms with Gasteiger partial charge in [-0.15, -0.1) is 11.3 Å². The zero-order chi connectivity index (χ0) is 23.1. The number of aromatic nitrogens is 1. The van der Waals surface area contributed by atoms with Crippen molar-refractivity contribution in [3.63, 3.8) is 0 Å². The normalized spacial score (nSPS) is 18.6. The molecule has 0 aliphatic carbocycles. The molecule has 0 fully saturated rings. The molecule has 0 spiro atoms. The fourth-order valence-electron chi connectivity index (χ4n) is 3.26. The molecule has 32 heavy (non-hydrogen) atoms. The van der Waals surface area contributed by atoms with E-state index >= 15 is 0 Å². The van der Waals surface area contributed by atoms with Crippen LogP contribution in [-0.2, 0) is 0 Å². The number of aliphatic hydroxyl groups is 1. The number of nitrogens with zero attached hydrogens (tertiary/aromatic N) is 3. The van der Waals surface area contributed by atoms with Crippen LogP contribution in [0.25, 0.3) is 11.3 Å². The first-order chi connectivity index (χ1) is 15.2. The van der Waals surface area contributed by atoms with Crippen LogP contribution in [0.4, 0.5) is 18.3 Å². The molecule has 2 aromatic carbocycles. The molecule has 3 aromatic rings. The molecule has 1 aromatic heterocycles. The Bertz CT molecular complexity index is 1170. The topological polar surface area (TPSA) is 67.2 Å². The van der Waals surface area contributed by atoms with Crippen LogP contribution in [0.5, 0.6) is 11.5 Å². The van der Waals surface area contributed by atoms with Gasteiger partial charge in [-0.05, 0) is 30.3 Å². The number of methoxy groups -OCH3 is 2. The molecule has 6 nitrogen and oxygen atoms in total. The first-order valence-electron chi connectivity index (χ1n) is 9.27. The Kier molecular flexibility index (Phi) is 5.78. The van der Waals surface area contributed by atoms with Crippen LogP contribution in [0.1, 0.15) is 12.0 Å². The summed E-state index contributed by atoms with van der Waals surface area (Å²) in [5.74, 6) is 0.756. The molecule has 1 atom stereocenters. The van der Waals surface area contributed by atoms with E-state index in [2.05, 4.69) is 10.1 Å². The van der Waals surface area contributed by atoms with E-state index in [9.17, 15) is 18.3 Å². The third-order valence-electron chi connectivity index (χ3n) is 4.97. The smallest absolute Gasteiger partial charge is 0.438 e. The number of alkyl halides is 3. The van der Waals surface area contributed by atoms with Gasteiger partial charge < -0.3 is 14.6 Å². The molecule has 1 N–H and O–H groups in total. The zero-order valence-electron chi connectivity index (χ0n) is 16.9. The van der Waals surface area contributed by atoms with Crippen LogP contribution in [0, 0.1) is 0 Å². The van der Waals surface area contributed by atoms with Gasteiger partial charge in [-0.25, -0.2) is 4.98 Å². The van der Waals surface area contributed by atoms with Crippen LogP contribution in [0.2, 0.25) is 5.02 Å². The third-order valence-corrected chi connectivity index (χ3v) is 6.04. The molecule has 0 unspecified atom stereocenters. The number of hydrogen-bond acceptors (Lipinski definition) is 7. The molecule has 1 aliphatic heterocycles. The van der Waals surface area contributed by atoms with Crippen molar-refractivity contribution in [2.75, 3.05) is 19.2 Å². The molecule has 1 aliphatic rings. The van der Waals surface area contributed by atoms with E-state index in [1.807, 2.05) is 0 Å². The fourth-order valence-corrected chi connectivity index (χ4v) is 4.23. The predicted molar refractivity (Wildman–Crippen MR) is 117 cm³/mol. The minimum absolute atomic E-state index is 0.0361. The Morgan fingerprint density at radius 1 is 1.06 bits per heavy atom. The van der Waals surface area contributed by atoms with Gasteiger partial charge in [-0.2, -0.15) is 23.3 Å². The van der Waals surface area contributed by atoms with Crippen molar-refractivity contribution in [1.29, 1.82) is 0 Å². The highest BCUT2D eigenvalue weighted by atomic mass is 35.5. The average molecular weight is 484 g/mol. The molecule has 0 saturated heterocycles. The number of hydrogen-bond donors (Lipinski definition) is 1. The van der Waals surface area contributed by atoms with Gasteiger partial charge in [0, 0.05) is 21.5 Å². The summed E-state index contributed by atoms with van der Waals surface area (Å²) in [6, 6.07) is 11.4. The molecule has 0 saturated carbocycles. The average Bonchev–Trinajstić information content (AvgIpc) is 3.39. The van der Waals surface area contributed by atoms with E-state index in [0.717, 1.165) is 11.3 Å². The van der Waals surface area contributed by atoms with E-state index in [4.69, 9.17) is 21.1 Å². The van der Waals surface area contributed by atoms with Gasteiger partial charge in [0.15, 0.2) is 11.5 Å². The number of rotatable bonds is 5. The minimum Gasteiger partial charge on any atom is -0.493 e. The van der Waals surface area contributed by atoms with Gasteiger partial charge in [0.05, 0.1) is 32.0 Å². The number of halogens is 4. The van der Waals surface area contributed by atoms with Gasteiger partial charge in [0.25, 0.3) is 5.72 Å². The molecule has 168 valence electrons. The highest BCUT2D eigenvalue weighted by molar-refractivity contribution is 7.14. The Balaban J connectivity index is 1.75. The van der Waals surface area contributed by atoms with Gasteiger partial charge in [-0.3, -0.25) is 0 Å². The van der Waals surface area contributed by atoms with Crippen LogP contribution < -0.4 is 14.5 Å². The maximum atomic E-state index is 14.0. The summed E-state index contributed by atoms with van der Waals surface area (Å²) in [7, 11) is 2.87. The van der Waals surface area contributed by atoms with Gasteiger partial charge in [0.2, 0.25) is 5.13 Å². The molecule has 2 heterocycles. The van der Waals surface area contributed by atoms with Gasteiger partial charge >= 0.3 is 6.18 Å². The number of thiazole rings is 1. The van der Waals surface area contributed by atoms with Crippen LogP contribution in [0.15, 0.2) is 52.9 Å². The number of benzene rings is 2. The van der Waals surface area contributed by atoms with Crippen molar-refractivity contribution in [3.8, 4) is 22.8 Å². The Labute approximate surface area is 190 Å². The van der Waals surface area contributed by atoms with Crippen LogP contribution in [-0.4, -0.2) is 41.9 Å². The fraction of sp³-hybridized carbons (Fsp3) is 0.238. The monoisotopic (exact) mass is 483 g/mol. The lowest BCUT2D eigenvalue weighted by molar-refractivity contribution is -0.254. The Hall–Kier alpha value is -2.82. The first-order valence-corrected chi connectivity index (χ1v) is 10.5.